The molecular formula is C24H28N2O5. The fraction of sp³-hybridized carbons (Fsp3) is 0.333. The highest BCUT2D eigenvalue weighted by Gasteiger charge is 2.35. The summed E-state index contributed by atoms with van der Waals surface area (Å²) >= 11 is 0. The molecule has 2 aromatic rings. The fourth-order valence-corrected chi connectivity index (χ4v) is 3.68. The van der Waals surface area contributed by atoms with Gasteiger partial charge in [-0.1, -0.05) is 55.3 Å². The Balaban J connectivity index is 2.06. The minimum Gasteiger partial charge on any atom is -0.493 e. The summed E-state index contributed by atoms with van der Waals surface area (Å²) < 4.78 is 16.7. The number of hydrogen-bond acceptors (Lipinski definition) is 5. The third-order valence-corrected chi connectivity index (χ3v) is 5.06. The van der Waals surface area contributed by atoms with Crippen molar-refractivity contribution in [2.24, 2.45) is 0 Å². The lowest BCUT2D eigenvalue weighted by Crippen LogP contribution is -2.46. The van der Waals surface area contributed by atoms with Crippen LogP contribution in [0.4, 0.5) is 4.79 Å². The van der Waals surface area contributed by atoms with Crippen molar-refractivity contribution >= 4 is 12.0 Å². The molecule has 1 aliphatic rings. The van der Waals surface area contributed by atoms with Crippen LogP contribution in [-0.4, -0.2) is 26.2 Å². The number of rotatable bonds is 8. The minimum absolute atomic E-state index is 0.313. The smallest absolute Gasteiger partial charge is 0.337 e. The molecule has 2 aromatic carbocycles. The molecule has 0 fully saturated rings. The second-order valence-electron chi connectivity index (χ2n) is 7.32. The van der Waals surface area contributed by atoms with Crippen LogP contribution >= 0.6 is 0 Å². The number of benzene rings is 2. The predicted molar refractivity (Wildman–Crippen MR) is 117 cm³/mol. The molecule has 7 nitrogen and oxygen atoms in total. The maximum Gasteiger partial charge on any atom is 0.337 e. The molecule has 1 unspecified atom stereocenters. The van der Waals surface area contributed by atoms with E-state index in [2.05, 4.69) is 10.6 Å². The molecule has 2 amide bonds. The lowest BCUT2D eigenvalue weighted by atomic mass is 9.93. The van der Waals surface area contributed by atoms with Gasteiger partial charge in [0.1, 0.15) is 6.61 Å². The van der Waals surface area contributed by atoms with Crippen molar-refractivity contribution in [1.29, 1.82) is 0 Å². The normalized spacial score (nSPS) is 15.7. The molecule has 31 heavy (non-hydrogen) atoms. The molecule has 0 aromatic heterocycles. The van der Waals surface area contributed by atoms with Crippen LogP contribution in [0.15, 0.2) is 53.7 Å². The van der Waals surface area contributed by atoms with Crippen molar-refractivity contribution in [3.8, 4) is 11.5 Å². The quantitative estimate of drug-likeness (QED) is 0.622. The summed E-state index contributed by atoms with van der Waals surface area (Å²) in [7, 11) is 2.88. The summed E-state index contributed by atoms with van der Waals surface area (Å²) in [5, 5.41) is 5.59. The first-order valence-corrected chi connectivity index (χ1v) is 10.2. The van der Waals surface area contributed by atoms with Crippen LogP contribution in [0.5, 0.6) is 11.5 Å². The maximum absolute atomic E-state index is 12.7. The largest absolute Gasteiger partial charge is 0.493 e. The van der Waals surface area contributed by atoms with Crippen LogP contribution in [0.1, 0.15) is 42.5 Å². The van der Waals surface area contributed by atoms with Crippen LogP contribution in [0.25, 0.3) is 0 Å². The first-order chi connectivity index (χ1) is 15.0. The number of esters is 1. The van der Waals surface area contributed by atoms with Crippen LogP contribution in [0.2, 0.25) is 0 Å². The molecule has 1 aliphatic heterocycles. The lowest BCUT2D eigenvalue weighted by Gasteiger charge is -2.30. The van der Waals surface area contributed by atoms with E-state index in [9.17, 15) is 9.59 Å². The molecule has 164 valence electrons. The second kappa shape index (κ2) is 10.0. The van der Waals surface area contributed by atoms with Crippen LogP contribution in [0, 0.1) is 6.92 Å². The van der Waals surface area contributed by atoms with E-state index in [1.807, 2.05) is 44.2 Å². The van der Waals surface area contributed by atoms with Crippen molar-refractivity contribution in [2.45, 2.75) is 39.3 Å². The third kappa shape index (κ3) is 4.99. The van der Waals surface area contributed by atoms with Crippen molar-refractivity contribution in [3.63, 3.8) is 0 Å². The molecule has 0 saturated carbocycles. The molecule has 7 heteroatoms. The molecule has 1 atom stereocenters. The van der Waals surface area contributed by atoms with E-state index < -0.39 is 12.0 Å². The van der Waals surface area contributed by atoms with E-state index in [0.717, 1.165) is 17.5 Å². The predicted octanol–water partition coefficient (Wildman–Crippen LogP) is 4.16. The van der Waals surface area contributed by atoms with E-state index in [0.29, 0.717) is 41.4 Å². The van der Waals surface area contributed by atoms with Crippen molar-refractivity contribution in [1.82, 2.24) is 10.6 Å². The standard InChI is InChI=1S/C24H28N2O5/c1-5-8-18-20(23(27)30-4)21(26-24(28)25-18)17-11-7-12-19(29-3)22(17)31-14-16-10-6-9-15(2)13-16/h6-7,9-13,21H,5,8,14H2,1-4H3,(H2,25,26,28). The van der Waals surface area contributed by atoms with Gasteiger partial charge in [0, 0.05) is 11.3 Å². The van der Waals surface area contributed by atoms with Gasteiger partial charge in [-0.2, -0.15) is 0 Å². The Labute approximate surface area is 182 Å². The number of hydrogen-bond donors (Lipinski definition) is 2. The highest BCUT2D eigenvalue weighted by molar-refractivity contribution is 5.95. The van der Waals surface area contributed by atoms with Gasteiger partial charge >= 0.3 is 12.0 Å². The van der Waals surface area contributed by atoms with Crippen LogP contribution in [-0.2, 0) is 16.1 Å². The highest BCUT2D eigenvalue weighted by Crippen LogP contribution is 2.40. The molecule has 0 spiro atoms. The first-order valence-electron chi connectivity index (χ1n) is 10.2. The van der Waals surface area contributed by atoms with Gasteiger partial charge in [0.25, 0.3) is 0 Å². The summed E-state index contributed by atoms with van der Waals surface area (Å²) in [4.78, 5) is 25.1. The maximum atomic E-state index is 12.7. The van der Waals surface area contributed by atoms with Gasteiger partial charge < -0.3 is 24.8 Å². The number of aryl methyl sites for hydroxylation is 1. The average molecular weight is 424 g/mol. The van der Waals surface area contributed by atoms with E-state index in [1.54, 1.807) is 19.2 Å². The molecule has 2 N–H and O–H groups in total. The number of allylic oxidation sites excluding steroid dienone is 1. The molecule has 0 radical (unpaired) electrons. The zero-order chi connectivity index (χ0) is 22.4. The number of para-hydroxylation sites is 1. The number of ether oxygens (including phenoxy) is 3. The number of urea groups is 1. The molecule has 0 bridgehead atoms. The monoisotopic (exact) mass is 424 g/mol. The summed E-state index contributed by atoms with van der Waals surface area (Å²) in [5.41, 5.74) is 3.66. The third-order valence-electron chi connectivity index (χ3n) is 5.06. The Morgan fingerprint density at radius 3 is 2.58 bits per heavy atom. The lowest BCUT2D eigenvalue weighted by molar-refractivity contribution is -0.136. The Kier molecular flexibility index (Phi) is 7.18. The Hall–Kier alpha value is -3.48. The Morgan fingerprint density at radius 1 is 1.13 bits per heavy atom. The van der Waals surface area contributed by atoms with Gasteiger partial charge in [-0.25, -0.2) is 9.59 Å². The minimum atomic E-state index is -0.731. The summed E-state index contributed by atoms with van der Waals surface area (Å²) in [6, 6.07) is 12.3. The molecule has 0 aliphatic carbocycles. The number of methoxy groups -OCH3 is 2. The first kappa shape index (κ1) is 22.2. The van der Waals surface area contributed by atoms with E-state index in [-0.39, 0.29) is 6.03 Å². The Bertz CT molecular complexity index is 999. The number of nitrogens with one attached hydrogen (secondary N) is 2. The zero-order valence-corrected chi connectivity index (χ0v) is 18.3. The van der Waals surface area contributed by atoms with Gasteiger partial charge in [-0.05, 0) is 25.0 Å². The van der Waals surface area contributed by atoms with Gasteiger partial charge in [-0.3, -0.25) is 0 Å². The highest BCUT2D eigenvalue weighted by atomic mass is 16.5. The summed E-state index contributed by atoms with van der Waals surface area (Å²) in [5.74, 6) is 0.476. The zero-order valence-electron chi connectivity index (χ0n) is 18.3. The van der Waals surface area contributed by atoms with Crippen molar-refractivity contribution in [3.05, 3.63) is 70.4 Å². The van der Waals surface area contributed by atoms with Gasteiger partial charge in [0.15, 0.2) is 11.5 Å². The van der Waals surface area contributed by atoms with Gasteiger partial charge in [0.05, 0.1) is 25.8 Å². The summed E-state index contributed by atoms with van der Waals surface area (Å²) in [6.45, 7) is 4.31. The molecule has 0 saturated heterocycles. The van der Waals surface area contributed by atoms with E-state index in [4.69, 9.17) is 14.2 Å². The van der Waals surface area contributed by atoms with Crippen LogP contribution < -0.4 is 20.1 Å². The number of carbonyl (C=O) groups is 2. The second-order valence-corrected chi connectivity index (χ2v) is 7.32. The fourth-order valence-electron chi connectivity index (χ4n) is 3.68. The van der Waals surface area contributed by atoms with Gasteiger partial charge in [-0.15, -0.1) is 0 Å². The molecule has 3 rings (SSSR count). The van der Waals surface area contributed by atoms with Gasteiger partial charge in [0.2, 0.25) is 0 Å². The van der Waals surface area contributed by atoms with Crippen molar-refractivity contribution in [2.75, 3.05) is 14.2 Å². The average Bonchev–Trinajstić information content (AvgIpc) is 2.76. The summed E-state index contributed by atoms with van der Waals surface area (Å²) in [6.07, 6.45) is 1.30. The van der Waals surface area contributed by atoms with E-state index >= 15 is 0 Å². The van der Waals surface area contributed by atoms with Crippen LogP contribution in [0.3, 0.4) is 0 Å². The Morgan fingerprint density at radius 2 is 1.90 bits per heavy atom. The number of amides is 2. The SMILES string of the molecule is CCCC1=C(C(=O)OC)C(c2cccc(OC)c2OCc2cccc(C)c2)NC(=O)N1. The van der Waals surface area contributed by atoms with E-state index in [1.165, 1.54) is 7.11 Å². The molecule has 1 heterocycles. The molecular weight excluding hydrogens is 396 g/mol. The topological polar surface area (TPSA) is 85.9 Å². The number of carbonyl (C=O) groups excluding carboxylic acids is 2. The van der Waals surface area contributed by atoms with Crippen molar-refractivity contribution < 1.29 is 23.8 Å².